The van der Waals surface area contributed by atoms with Crippen LogP contribution in [0.1, 0.15) is 32.3 Å². The van der Waals surface area contributed by atoms with Gasteiger partial charge in [0.1, 0.15) is 11.6 Å². The predicted octanol–water partition coefficient (Wildman–Crippen LogP) is 4.40. The number of hydrogen-bond acceptors (Lipinski definition) is 3. The van der Waals surface area contributed by atoms with Crippen LogP contribution in [0.3, 0.4) is 0 Å². The molecule has 5 heteroatoms. The van der Waals surface area contributed by atoms with Crippen LogP contribution in [-0.2, 0) is 4.79 Å². The van der Waals surface area contributed by atoms with E-state index < -0.39 is 0 Å². The molecule has 0 aliphatic rings. The molecule has 1 amide bonds. The molecule has 0 spiro atoms. The van der Waals surface area contributed by atoms with Crippen molar-refractivity contribution < 1.29 is 9.53 Å². The normalized spacial score (nSPS) is 10.7. The maximum absolute atomic E-state index is 12.4. The number of halogens is 1. The quantitative estimate of drug-likeness (QED) is 0.750. The third-order valence-electron chi connectivity index (χ3n) is 3.51. The molecule has 0 aliphatic carbocycles. The average Bonchev–Trinajstić information content (AvgIpc) is 2.55. The van der Waals surface area contributed by atoms with Gasteiger partial charge in [0.25, 0.3) is 5.91 Å². The van der Waals surface area contributed by atoms with Gasteiger partial charge in [-0.15, -0.1) is 0 Å². The highest BCUT2D eigenvalue weighted by Crippen LogP contribution is 2.19. The summed E-state index contributed by atoms with van der Waals surface area (Å²) in [5, 5.41) is 0. The third-order valence-corrected chi connectivity index (χ3v) is 3.98. The SMILES string of the molecule is CCN(C(=O)COc1ccc(C(C)C)cc1)c1ccc(Br)cn1. The van der Waals surface area contributed by atoms with E-state index in [0.29, 0.717) is 24.0 Å². The summed E-state index contributed by atoms with van der Waals surface area (Å²) in [6.07, 6.45) is 1.68. The molecule has 1 aromatic heterocycles. The van der Waals surface area contributed by atoms with E-state index in [4.69, 9.17) is 4.74 Å². The Hall–Kier alpha value is -1.88. The molecule has 122 valence electrons. The number of amides is 1. The Labute approximate surface area is 145 Å². The molecule has 0 aliphatic heterocycles. The number of pyridine rings is 1. The fourth-order valence-electron chi connectivity index (χ4n) is 2.17. The Morgan fingerprint density at radius 1 is 1.22 bits per heavy atom. The standard InChI is InChI=1S/C18H21BrN2O2/c1-4-21(17-10-7-15(19)11-20-17)18(22)12-23-16-8-5-14(6-9-16)13(2)3/h5-11,13H,4,12H2,1-3H3. The van der Waals surface area contributed by atoms with E-state index in [9.17, 15) is 4.79 Å². The summed E-state index contributed by atoms with van der Waals surface area (Å²) in [5.74, 6) is 1.68. The molecule has 2 aromatic rings. The van der Waals surface area contributed by atoms with E-state index in [-0.39, 0.29) is 12.5 Å². The minimum absolute atomic E-state index is 0.00733. The first kappa shape index (κ1) is 17.5. The number of ether oxygens (including phenoxy) is 1. The zero-order valence-corrected chi connectivity index (χ0v) is 15.2. The highest BCUT2D eigenvalue weighted by Gasteiger charge is 2.15. The van der Waals surface area contributed by atoms with Crippen LogP contribution in [0.25, 0.3) is 0 Å². The minimum atomic E-state index is -0.116. The third kappa shape index (κ3) is 4.79. The van der Waals surface area contributed by atoms with Crippen LogP contribution in [0.2, 0.25) is 0 Å². The second-order valence-electron chi connectivity index (χ2n) is 5.49. The molecule has 0 atom stereocenters. The van der Waals surface area contributed by atoms with Crippen LogP contribution in [0.5, 0.6) is 5.75 Å². The van der Waals surface area contributed by atoms with Gasteiger partial charge in [-0.1, -0.05) is 26.0 Å². The van der Waals surface area contributed by atoms with Crippen molar-refractivity contribution in [2.45, 2.75) is 26.7 Å². The molecule has 1 aromatic carbocycles. The summed E-state index contributed by atoms with van der Waals surface area (Å²) in [5.41, 5.74) is 1.25. The Kier molecular flexibility index (Phi) is 6.16. The highest BCUT2D eigenvalue weighted by molar-refractivity contribution is 9.10. The van der Waals surface area contributed by atoms with Crippen LogP contribution in [-0.4, -0.2) is 24.0 Å². The lowest BCUT2D eigenvalue weighted by Gasteiger charge is -2.20. The maximum atomic E-state index is 12.4. The molecule has 2 rings (SSSR count). The van der Waals surface area contributed by atoms with Crippen molar-refractivity contribution in [3.8, 4) is 5.75 Å². The smallest absolute Gasteiger partial charge is 0.266 e. The summed E-state index contributed by atoms with van der Waals surface area (Å²) in [4.78, 5) is 18.2. The number of anilines is 1. The Balaban J connectivity index is 1.98. The molecule has 0 saturated carbocycles. The summed E-state index contributed by atoms with van der Waals surface area (Å²) < 4.78 is 6.48. The summed E-state index contributed by atoms with van der Waals surface area (Å²) in [6.45, 7) is 6.74. The van der Waals surface area contributed by atoms with E-state index in [2.05, 4.69) is 34.8 Å². The maximum Gasteiger partial charge on any atom is 0.266 e. The van der Waals surface area contributed by atoms with Gasteiger partial charge in [0.2, 0.25) is 0 Å². The van der Waals surface area contributed by atoms with Gasteiger partial charge < -0.3 is 4.74 Å². The van der Waals surface area contributed by atoms with Gasteiger partial charge in [-0.25, -0.2) is 4.98 Å². The summed E-state index contributed by atoms with van der Waals surface area (Å²) in [7, 11) is 0. The fourth-order valence-corrected chi connectivity index (χ4v) is 2.40. The number of likely N-dealkylation sites (N-methyl/N-ethyl adjacent to an activating group) is 1. The number of benzene rings is 1. The zero-order chi connectivity index (χ0) is 16.8. The molecular formula is C18H21BrN2O2. The number of carbonyl (C=O) groups is 1. The molecule has 0 saturated heterocycles. The Bertz CT molecular complexity index is 639. The molecule has 1 heterocycles. The van der Waals surface area contributed by atoms with E-state index in [1.807, 2.05) is 43.3 Å². The first-order valence-corrected chi connectivity index (χ1v) is 8.45. The van der Waals surface area contributed by atoms with Crippen molar-refractivity contribution in [3.63, 3.8) is 0 Å². The topological polar surface area (TPSA) is 42.4 Å². The van der Waals surface area contributed by atoms with Crippen LogP contribution in [0, 0.1) is 0 Å². The van der Waals surface area contributed by atoms with Crippen LogP contribution in [0.4, 0.5) is 5.82 Å². The monoisotopic (exact) mass is 376 g/mol. The van der Waals surface area contributed by atoms with Crippen molar-refractivity contribution in [2.75, 3.05) is 18.1 Å². The lowest BCUT2D eigenvalue weighted by molar-refractivity contribution is -0.120. The Morgan fingerprint density at radius 2 is 1.91 bits per heavy atom. The first-order valence-electron chi connectivity index (χ1n) is 7.66. The van der Waals surface area contributed by atoms with E-state index >= 15 is 0 Å². The number of rotatable bonds is 6. The van der Waals surface area contributed by atoms with Gasteiger partial charge >= 0.3 is 0 Å². The van der Waals surface area contributed by atoms with Crippen molar-refractivity contribution in [1.82, 2.24) is 4.98 Å². The largest absolute Gasteiger partial charge is 0.484 e. The molecule has 0 radical (unpaired) electrons. The number of aromatic nitrogens is 1. The lowest BCUT2D eigenvalue weighted by Crippen LogP contribution is -2.35. The molecule has 4 nitrogen and oxygen atoms in total. The molecule has 0 N–H and O–H groups in total. The summed E-state index contributed by atoms with van der Waals surface area (Å²) in [6, 6.07) is 11.5. The average molecular weight is 377 g/mol. The second kappa shape index (κ2) is 8.11. The van der Waals surface area contributed by atoms with Crippen molar-refractivity contribution in [2.24, 2.45) is 0 Å². The van der Waals surface area contributed by atoms with Gasteiger partial charge in [0.05, 0.1) is 0 Å². The molecule has 0 bridgehead atoms. The fraction of sp³-hybridized carbons (Fsp3) is 0.333. The van der Waals surface area contributed by atoms with Crippen LogP contribution < -0.4 is 9.64 Å². The minimum Gasteiger partial charge on any atom is -0.484 e. The van der Waals surface area contributed by atoms with Crippen molar-refractivity contribution in [1.29, 1.82) is 0 Å². The van der Waals surface area contributed by atoms with Gasteiger partial charge in [0.15, 0.2) is 6.61 Å². The van der Waals surface area contributed by atoms with Gasteiger partial charge in [-0.05, 0) is 58.6 Å². The molecule has 0 fully saturated rings. The van der Waals surface area contributed by atoms with E-state index in [0.717, 1.165) is 4.47 Å². The van der Waals surface area contributed by atoms with E-state index in [1.54, 1.807) is 11.1 Å². The molecular weight excluding hydrogens is 356 g/mol. The highest BCUT2D eigenvalue weighted by atomic mass is 79.9. The van der Waals surface area contributed by atoms with Crippen molar-refractivity contribution >= 4 is 27.7 Å². The summed E-state index contributed by atoms with van der Waals surface area (Å²) >= 11 is 3.34. The first-order chi connectivity index (χ1) is 11.0. The molecule has 23 heavy (non-hydrogen) atoms. The zero-order valence-electron chi connectivity index (χ0n) is 13.6. The number of nitrogens with zero attached hydrogens (tertiary/aromatic N) is 2. The van der Waals surface area contributed by atoms with Crippen LogP contribution in [0.15, 0.2) is 47.1 Å². The molecule has 0 unspecified atom stereocenters. The predicted molar refractivity (Wildman–Crippen MR) is 96.0 cm³/mol. The van der Waals surface area contributed by atoms with E-state index in [1.165, 1.54) is 5.56 Å². The second-order valence-corrected chi connectivity index (χ2v) is 6.40. The van der Waals surface area contributed by atoms with Crippen molar-refractivity contribution in [3.05, 3.63) is 52.6 Å². The van der Waals surface area contributed by atoms with Crippen LogP contribution >= 0.6 is 15.9 Å². The van der Waals surface area contributed by atoms with Gasteiger partial charge in [0, 0.05) is 17.2 Å². The van der Waals surface area contributed by atoms with Gasteiger partial charge in [-0.2, -0.15) is 0 Å². The number of carbonyl (C=O) groups excluding carboxylic acids is 1. The Morgan fingerprint density at radius 3 is 2.43 bits per heavy atom. The lowest BCUT2D eigenvalue weighted by atomic mass is 10.0. The van der Waals surface area contributed by atoms with Gasteiger partial charge in [-0.3, -0.25) is 9.69 Å². The number of hydrogen-bond donors (Lipinski definition) is 0.